The molecule has 0 radical (unpaired) electrons. The van der Waals surface area contributed by atoms with Gasteiger partial charge in [0, 0.05) is 15.1 Å². The van der Waals surface area contributed by atoms with Crippen LogP contribution in [0.1, 0.15) is 11.1 Å². The normalized spacial score (nSPS) is 12.4. The lowest BCUT2D eigenvalue weighted by atomic mass is 9.92. The highest BCUT2D eigenvalue weighted by molar-refractivity contribution is 6.33. The van der Waals surface area contributed by atoms with E-state index in [2.05, 4.69) is 17.4 Å². The van der Waals surface area contributed by atoms with Gasteiger partial charge >= 0.3 is 0 Å². The molecule has 0 heterocycles. The van der Waals surface area contributed by atoms with Crippen molar-refractivity contribution in [3.05, 3.63) is 68.7 Å². The summed E-state index contributed by atoms with van der Waals surface area (Å²) in [5, 5.41) is 5.52. The molecule has 0 spiro atoms. The lowest BCUT2D eigenvalue weighted by molar-refractivity contribution is 0.493. The Balaban J connectivity index is 2.11. The van der Waals surface area contributed by atoms with Gasteiger partial charge in [-0.15, -0.1) is 0 Å². The van der Waals surface area contributed by atoms with E-state index in [1.165, 1.54) is 5.56 Å². The smallest absolute Gasteiger partial charge is 0.0439 e. The second-order valence-corrected chi connectivity index (χ2v) is 6.47. The fourth-order valence-electron chi connectivity index (χ4n) is 2.47. The van der Waals surface area contributed by atoms with Gasteiger partial charge in [-0.05, 0) is 73.8 Å². The molecule has 0 saturated heterocycles. The third kappa shape index (κ3) is 5.19. The molecule has 0 amide bonds. The van der Waals surface area contributed by atoms with Crippen LogP contribution in [0.5, 0.6) is 0 Å². The minimum atomic E-state index is 0.451. The van der Waals surface area contributed by atoms with Crippen molar-refractivity contribution >= 4 is 34.8 Å². The molecule has 1 unspecified atom stereocenters. The number of hydrogen-bond acceptors (Lipinski definition) is 1. The number of rotatable bonds is 6. The van der Waals surface area contributed by atoms with E-state index in [0.29, 0.717) is 5.92 Å². The van der Waals surface area contributed by atoms with Crippen LogP contribution in [0.4, 0.5) is 0 Å². The zero-order valence-corrected chi connectivity index (χ0v) is 14.1. The van der Waals surface area contributed by atoms with Gasteiger partial charge in [0.1, 0.15) is 0 Å². The molecule has 1 nitrogen and oxygen atoms in total. The van der Waals surface area contributed by atoms with Crippen molar-refractivity contribution < 1.29 is 0 Å². The molecule has 2 aromatic carbocycles. The quantitative estimate of drug-likeness (QED) is 0.754. The first-order chi connectivity index (χ1) is 10.1. The van der Waals surface area contributed by atoms with Crippen LogP contribution in [-0.2, 0) is 12.8 Å². The molecular formula is C17H18Cl3N. The molecule has 0 aliphatic carbocycles. The highest BCUT2D eigenvalue weighted by Gasteiger charge is 2.13. The minimum absolute atomic E-state index is 0.451. The van der Waals surface area contributed by atoms with Gasteiger partial charge in [-0.3, -0.25) is 0 Å². The third-order valence-corrected chi connectivity index (χ3v) is 4.30. The fraction of sp³-hybridized carbons (Fsp3) is 0.294. The first kappa shape index (κ1) is 16.6. The number of halogens is 3. The molecular weight excluding hydrogens is 325 g/mol. The number of hydrogen-bond donors (Lipinski definition) is 1. The van der Waals surface area contributed by atoms with Gasteiger partial charge < -0.3 is 5.32 Å². The monoisotopic (exact) mass is 341 g/mol. The second kappa shape index (κ2) is 8.05. The molecule has 0 saturated carbocycles. The van der Waals surface area contributed by atoms with Gasteiger partial charge in [-0.25, -0.2) is 0 Å². The maximum Gasteiger partial charge on any atom is 0.0439 e. The van der Waals surface area contributed by atoms with E-state index in [9.17, 15) is 0 Å². The van der Waals surface area contributed by atoms with Crippen LogP contribution in [0, 0.1) is 5.92 Å². The third-order valence-electron chi connectivity index (χ3n) is 3.45. The van der Waals surface area contributed by atoms with E-state index in [1.807, 2.05) is 37.4 Å². The predicted octanol–water partition coefficient (Wildman–Crippen LogP) is 5.27. The fourth-order valence-corrected chi connectivity index (χ4v) is 2.99. The summed E-state index contributed by atoms with van der Waals surface area (Å²) in [5.74, 6) is 0.451. The standard InChI is InChI=1S/C17H18Cl3N/c1-21-11-13(8-12-2-4-15(18)5-3-12)9-14-10-16(19)6-7-17(14)20/h2-7,10,13,21H,8-9,11H2,1H3. The van der Waals surface area contributed by atoms with Crippen LogP contribution >= 0.6 is 34.8 Å². The van der Waals surface area contributed by atoms with Crippen molar-refractivity contribution in [1.29, 1.82) is 0 Å². The maximum atomic E-state index is 6.27. The number of benzene rings is 2. The number of nitrogens with one attached hydrogen (secondary N) is 1. The van der Waals surface area contributed by atoms with E-state index >= 15 is 0 Å². The van der Waals surface area contributed by atoms with Crippen molar-refractivity contribution in [2.24, 2.45) is 5.92 Å². The van der Waals surface area contributed by atoms with Crippen LogP contribution in [0.3, 0.4) is 0 Å². The maximum absolute atomic E-state index is 6.27. The van der Waals surface area contributed by atoms with Crippen molar-refractivity contribution in [1.82, 2.24) is 5.32 Å². The largest absolute Gasteiger partial charge is 0.319 e. The van der Waals surface area contributed by atoms with Crippen molar-refractivity contribution in [3.63, 3.8) is 0 Å². The summed E-state index contributed by atoms with van der Waals surface area (Å²) in [6, 6.07) is 13.6. The van der Waals surface area contributed by atoms with E-state index in [0.717, 1.165) is 40.0 Å². The van der Waals surface area contributed by atoms with E-state index in [-0.39, 0.29) is 0 Å². The average molecular weight is 343 g/mol. The summed E-state index contributed by atoms with van der Waals surface area (Å²) in [4.78, 5) is 0. The average Bonchev–Trinajstić information content (AvgIpc) is 2.45. The molecule has 2 aromatic rings. The van der Waals surface area contributed by atoms with E-state index < -0.39 is 0 Å². The summed E-state index contributed by atoms with van der Waals surface area (Å²) < 4.78 is 0. The van der Waals surface area contributed by atoms with E-state index in [4.69, 9.17) is 34.8 Å². The Bertz CT molecular complexity index is 581. The molecule has 0 aliphatic rings. The highest BCUT2D eigenvalue weighted by atomic mass is 35.5. The Morgan fingerprint density at radius 3 is 2.24 bits per heavy atom. The summed E-state index contributed by atoms with van der Waals surface area (Å²) in [7, 11) is 1.97. The van der Waals surface area contributed by atoms with Crippen LogP contribution in [0.25, 0.3) is 0 Å². The Kier molecular flexibility index (Phi) is 6.38. The SMILES string of the molecule is CNCC(Cc1ccc(Cl)cc1)Cc1cc(Cl)ccc1Cl. The van der Waals surface area contributed by atoms with E-state index in [1.54, 1.807) is 0 Å². The molecule has 0 aromatic heterocycles. The lowest BCUT2D eigenvalue weighted by Crippen LogP contribution is -2.23. The van der Waals surface area contributed by atoms with Crippen LogP contribution in [0.2, 0.25) is 15.1 Å². The van der Waals surface area contributed by atoms with Gasteiger partial charge in [-0.2, -0.15) is 0 Å². The van der Waals surface area contributed by atoms with Gasteiger partial charge in [-0.1, -0.05) is 46.9 Å². The Morgan fingerprint density at radius 2 is 1.57 bits per heavy atom. The molecule has 1 atom stereocenters. The van der Waals surface area contributed by atoms with Crippen LogP contribution in [-0.4, -0.2) is 13.6 Å². The van der Waals surface area contributed by atoms with Gasteiger partial charge in [0.2, 0.25) is 0 Å². The first-order valence-corrected chi connectivity index (χ1v) is 8.05. The summed E-state index contributed by atoms with van der Waals surface area (Å²) in [6.45, 7) is 0.922. The summed E-state index contributed by atoms with van der Waals surface area (Å²) in [5.41, 5.74) is 2.37. The molecule has 21 heavy (non-hydrogen) atoms. The topological polar surface area (TPSA) is 12.0 Å². The lowest BCUT2D eigenvalue weighted by Gasteiger charge is -2.18. The Labute approximate surface area is 141 Å². The molecule has 0 fully saturated rings. The highest BCUT2D eigenvalue weighted by Crippen LogP contribution is 2.25. The van der Waals surface area contributed by atoms with Crippen molar-refractivity contribution in [2.75, 3.05) is 13.6 Å². The van der Waals surface area contributed by atoms with Crippen LogP contribution < -0.4 is 5.32 Å². The van der Waals surface area contributed by atoms with Crippen molar-refractivity contribution in [2.45, 2.75) is 12.8 Å². The molecule has 4 heteroatoms. The van der Waals surface area contributed by atoms with Gasteiger partial charge in [0.15, 0.2) is 0 Å². The Morgan fingerprint density at radius 1 is 0.905 bits per heavy atom. The van der Waals surface area contributed by atoms with Gasteiger partial charge in [0.05, 0.1) is 0 Å². The van der Waals surface area contributed by atoms with Gasteiger partial charge in [0.25, 0.3) is 0 Å². The molecule has 112 valence electrons. The molecule has 1 N–H and O–H groups in total. The first-order valence-electron chi connectivity index (χ1n) is 6.91. The predicted molar refractivity (Wildman–Crippen MR) is 92.7 cm³/mol. The van der Waals surface area contributed by atoms with Crippen LogP contribution in [0.15, 0.2) is 42.5 Å². The second-order valence-electron chi connectivity index (χ2n) is 5.19. The Hall–Kier alpha value is -0.730. The zero-order chi connectivity index (χ0) is 15.2. The molecule has 0 bridgehead atoms. The minimum Gasteiger partial charge on any atom is -0.319 e. The van der Waals surface area contributed by atoms with Crippen molar-refractivity contribution in [3.8, 4) is 0 Å². The molecule has 2 rings (SSSR count). The molecule has 0 aliphatic heterocycles. The zero-order valence-electron chi connectivity index (χ0n) is 11.9. The summed E-state index contributed by atoms with van der Waals surface area (Å²) >= 11 is 18.3. The summed E-state index contributed by atoms with van der Waals surface area (Å²) in [6.07, 6.45) is 1.86.